The van der Waals surface area contributed by atoms with Crippen molar-refractivity contribution < 1.29 is 4.79 Å². The van der Waals surface area contributed by atoms with Crippen molar-refractivity contribution in [1.29, 1.82) is 0 Å². The fourth-order valence-electron chi connectivity index (χ4n) is 1.86. The molecule has 0 bridgehead atoms. The summed E-state index contributed by atoms with van der Waals surface area (Å²) in [5.74, 6) is -0.142. The minimum Gasteiger partial charge on any atom is -0.378 e. The van der Waals surface area contributed by atoms with Gasteiger partial charge in [-0.05, 0) is 36.8 Å². The molecule has 2 N–H and O–H groups in total. The van der Waals surface area contributed by atoms with Gasteiger partial charge in [-0.15, -0.1) is 0 Å². The number of carbonyl (C=O) groups is 1. The van der Waals surface area contributed by atoms with Crippen LogP contribution in [0.4, 0.5) is 11.4 Å². The first kappa shape index (κ1) is 14.3. The fourth-order valence-corrected chi connectivity index (χ4v) is 2.09. The van der Waals surface area contributed by atoms with Gasteiger partial charge in [0.15, 0.2) is 0 Å². The van der Waals surface area contributed by atoms with Crippen LogP contribution in [-0.2, 0) is 4.79 Å². The lowest BCUT2D eigenvalue weighted by Crippen LogP contribution is -2.08. The highest BCUT2D eigenvalue weighted by Gasteiger charge is 2.07. The molecule has 2 rings (SSSR count). The lowest BCUT2D eigenvalue weighted by Gasteiger charge is -2.16. The van der Waals surface area contributed by atoms with E-state index in [0.717, 1.165) is 11.3 Å². The number of anilines is 2. The molecule has 0 aliphatic rings. The molecule has 0 saturated heterocycles. The van der Waals surface area contributed by atoms with Gasteiger partial charge in [-0.3, -0.25) is 9.78 Å². The van der Waals surface area contributed by atoms with E-state index in [0.29, 0.717) is 10.7 Å². The number of hydrogen-bond donors (Lipinski definition) is 2. The van der Waals surface area contributed by atoms with Gasteiger partial charge in [-0.1, -0.05) is 17.7 Å². The van der Waals surface area contributed by atoms with E-state index in [2.05, 4.69) is 15.6 Å². The number of carbonyl (C=O) groups excluding carboxylic acids is 1. The third-order valence-corrected chi connectivity index (χ3v) is 3.16. The number of halogens is 1. The van der Waals surface area contributed by atoms with Gasteiger partial charge < -0.3 is 10.6 Å². The molecule has 104 valence electrons. The van der Waals surface area contributed by atoms with E-state index in [-0.39, 0.29) is 11.9 Å². The van der Waals surface area contributed by atoms with Gasteiger partial charge in [0.1, 0.15) is 0 Å². The summed E-state index contributed by atoms with van der Waals surface area (Å²) in [5, 5.41) is 6.52. The second-order valence-corrected chi connectivity index (χ2v) is 4.94. The highest BCUT2D eigenvalue weighted by atomic mass is 35.5. The summed E-state index contributed by atoms with van der Waals surface area (Å²) in [4.78, 5) is 15.1. The Bertz CT molecular complexity index is 601. The van der Waals surface area contributed by atoms with Crippen molar-refractivity contribution >= 4 is 28.9 Å². The minimum absolute atomic E-state index is 0.117. The van der Waals surface area contributed by atoms with Crippen molar-refractivity contribution in [3.63, 3.8) is 0 Å². The van der Waals surface area contributed by atoms with Gasteiger partial charge in [-0.2, -0.15) is 0 Å². The molecular weight excluding hydrogens is 274 g/mol. The van der Waals surface area contributed by atoms with Crippen LogP contribution < -0.4 is 10.6 Å². The molecule has 0 radical (unpaired) electrons. The van der Waals surface area contributed by atoms with Crippen molar-refractivity contribution in [1.82, 2.24) is 4.98 Å². The Hall–Kier alpha value is -2.07. The number of hydrogen-bond acceptors (Lipinski definition) is 3. The molecule has 1 aromatic heterocycles. The van der Waals surface area contributed by atoms with Crippen LogP contribution >= 0.6 is 11.6 Å². The molecule has 5 heteroatoms. The van der Waals surface area contributed by atoms with Gasteiger partial charge in [0.25, 0.3) is 0 Å². The maximum Gasteiger partial charge on any atom is 0.221 e. The molecule has 0 saturated carbocycles. The summed E-state index contributed by atoms with van der Waals surface area (Å²) in [6, 6.07) is 9.48. The summed E-state index contributed by atoms with van der Waals surface area (Å²) in [6.45, 7) is 3.50. The first-order valence-corrected chi connectivity index (χ1v) is 6.67. The van der Waals surface area contributed by atoms with Crippen LogP contribution in [0.1, 0.15) is 25.5 Å². The van der Waals surface area contributed by atoms with Gasteiger partial charge in [0.2, 0.25) is 5.91 Å². The zero-order valence-corrected chi connectivity index (χ0v) is 12.1. The second kappa shape index (κ2) is 6.39. The van der Waals surface area contributed by atoms with Crippen LogP contribution in [0.15, 0.2) is 42.7 Å². The van der Waals surface area contributed by atoms with E-state index >= 15 is 0 Å². The summed E-state index contributed by atoms with van der Waals surface area (Å²) < 4.78 is 0. The smallest absolute Gasteiger partial charge is 0.221 e. The molecule has 1 heterocycles. The molecule has 1 aromatic carbocycles. The molecule has 0 aliphatic heterocycles. The summed E-state index contributed by atoms with van der Waals surface area (Å²) in [5.41, 5.74) is 2.59. The number of aromatic nitrogens is 1. The van der Waals surface area contributed by atoms with Crippen molar-refractivity contribution in [2.24, 2.45) is 0 Å². The van der Waals surface area contributed by atoms with Gasteiger partial charge >= 0.3 is 0 Å². The van der Waals surface area contributed by atoms with Crippen LogP contribution in [0, 0.1) is 0 Å². The Morgan fingerprint density at radius 1 is 1.35 bits per heavy atom. The Morgan fingerprint density at radius 3 is 2.75 bits per heavy atom. The van der Waals surface area contributed by atoms with Crippen LogP contribution in [0.25, 0.3) is 0 Å². The predicted molar refractivity (Wildman–Crippen MR) is 82.0 cm³/mol. The zero-order valence-electron chi connectivity index (χ0n) is 11.4. The second-order valence-electron chi connectivity index (χ2n) is 4.53. The summed E-state index contributed by atoms with van der Waals surface area (Å²) in [7, 11) is 0. The van der Waals surface area contributed by atoms with Crippen LogP contribution in [-0.4, -0.2) is 10.9 Å². The largest absolute Gasteiger partial charge is 0.378 e. The number of rotatable bonds is 4. The Morgan fingerprint density at radius 2 is 2.15 bits per heavy atom. The first-order chi connectivity index (χ1) is 9.56. The monoisotopic (exact) mass is 289 g/mol. The minimum atomic E-state index is -0.142. The zero-order chi connectivity index (χ0) is 14.5. The van der Waals surface area contributed by atoms with Crippen molar-refractivity contribution in [2.75, 3.05) is 10.6 Å². The molecule has 20 heavy (non-hydrogen) atoms. The summed E-state index contributed by atoms with van der Waals surface area (Å²) in [6.07, 6.45) is 3.57. The maximum absolute atomic E-state index is 11.0. The van der Waals surface area contributed by atoms with Crippen molar-refractivity contribution in [2.45, 2.75) is 19.9 Å². The van der Waals surface area contributed by atoms with E-state index in [1.165, 1.54) is 6.92 Å². The normalized spacial score (nSPS) is 11.8. The molecule has 1 unspecified atom stereocenters. The molecule has 0 aliphatic carbocycles. The van der Waals surface area contributed by atoms with E-state index in [4.69, 9.17) is 11.6 Å². The average molecular weight is 290 g/mol. The van der Waals surface area contributed by atoms with Crippen LogP contribution in [0.3, 0.4) is 0 Å². The Labute approximate surface area is 123 Å². The van der Waals surface area contributed by atoms with E-state index in [9.17, 15) is 4.79 Å². The number of benzene rings is 1. The van der Waals surface area contributed by atoms with Gasteiger partial charge in [0.05, 0.1) is 16.8 Å². The number of amides is 1. The Balaban J connectivity index is 2.10. The molecule has 0 spiro atoms. The highest BCUT2D eigenvalue weighted by Crippen LogP contribution is 2.27. The number of nitrogens with one attached hydrogen (secondary N) is 2. The highest BCUT2D eigenvalue weighted by molar-refractivity contribution is 6.34. The molecule has 1 atom stereocenters. The maximum atomic E-state index is 11.0. The third-order valence-electron chi connectivity index (χ3n) is 2.85. The quantitative estimate of drug-likeness (QED) is 0.898. The van der Waals surface area contributed by atoms with Crippen LogP contribution in [0.5, 0.6) is 0 Å². The topological polar surface area (TPSA) is 54.0 Å². The fraction of sp³-hybridized carbons (Fsp3) is 0.200. The predicted octanol–water partition coefficient (Wildman–Crippen LogP) is 3.87. The van der Waals surface area contributed by atoms with Gasteiger partial charge in [-0.25, -0.2) is 0 Å². The number of nitrogens with zero attached hydrogens (tertiary/aromatic N) is 1. The molecular formula is C15H16ClN3O. The lowest BCUT2D eigenvalue weighted by atomic mass is 10.1. The van der Waals surface area contributed by atoms with Crippen molar-refractivity contribution in [3.8, 4) is 0 Å². The molecule has 4 nitrogen and oxygen atoms in total. The SMILES string of the molecule is CC(=O)Nc1ccc(NC(C)c2cccnc2)cc1Cl. The molecule has 0 fully saturated rings. The Kier molecular flexibility index (Phi) is 4.58. The summed E-state index contributed by atoms with van der Waals surface area (Å²) >= 11 is 6.14. The first-order valence-electron chi connectivity index (χ1n) is 6.30. The van der Waals surface area contributed by atoms with Crippen molar-refractivity contribution in [3.05, 3.63) is 53.3 Å². The molecule has 2 aromatic rings. The standard InChI is InChI=1S/C15H16ClN3O/c1-10(12-4-3-7-17-9-12)18-13-5-6-15(14(16)8-13)19-11(2)20/h3-10,18H,1-2H3,(H,19,20). The van der Waals surface area contributed by atoms with Crippen LogP contribution in [0.2, 0.25) is 5.02 Å². The van der Waals surface area contributed by atoms with E-state index < -0.39 is 0 Å². The third kappa shape index (κ3) is 3.71. The molecule has 1 amide bonds. The van der Waals surface area contributed by atoms with Gasteiger partial charge in [0, 0.05) is 25.0 Å². The number of pyridine rings is 1. The van der Waals surface area contributed by atoms with E-state index in [1.807, 2.05) is 31.3 Å². The average Bonchev–Trinajstić information content (AvgIpc) is 2.42. The van der Waals surface area contributed by atoms with E-state index in [1.54, 1.807) is 18.3 Å². The lowest BCUT2D eigenvalue weighted by molar-refractivity contribution is -0.114.